The van der Waals surface area contributed by atoms with Crippen molar-refractivity contribution in [1.29, 1.82) is 0 Å². The standard InChI is InChI=1S/C22H43NO2/c1-2-3-4-5-6-7-8-9-10-11-12-13-14-15-16-17-18-19-20-21-22(24)23-25/h9-10,25H,2-8,11-21H2,1H3,(H,23,24). The monoisotopic (exact) mass is 353 g/mol. The molecule has 0 unspecified atom stereocenters. The molecule has 0 spiro atoms. The Balaban J connectivity index is 3.08. The summed E-state index contributed by atoms with van der Waals surface area (Å²) in [5.74, 6) is -0.263. The van der Waals surface area contributed by atoms with Crippen LogP contribution >= 0.6 is 0 Å². The third-order valence-corrected chi connectivity index (χ3v) is 4.79. The molecule has 0 rings (SSSR count). The number of amides is 1. The molecule has 0 bridgehead atoms. The zero-order valence-corrected chi connectivity index (χ0v) is 16.7. The van der Waals surface area contributed by atoms with Gasteiger partial charge in [0.25, 0.3) is 0 Å². The molecule has 0 atom stereocenters. The summed E-state index contributed by atoms with van der Waals surface area (Å²) in [6.45, 7) is 2.27. The molecular formula is C22H43NO2. The second kappa shape index (κ2) is 21.2. The van der Waals surface area contributed by atoms with E-state index in [1.165, 1.54) is 96.3 Å². The fraction of sp³-hybridized carbons (Fsp3) is 0.864. The number of unbranched alkanes of at least 4 members (excludes halogenated alkanes) is 15. The van der Waals surface area contributed by atoms with Crippen molar-refractivity contribution < 1.29 is 10.0 Å². The normalized spacial score (nSPS) is 11.3. The highest BCUT2D eigenvalue weighted by atomic mass is 16.5. The fourth-order valence-corrected chi connectivity index (χ4v) is 3.12. The van der Waals surface area contributed by atoms with E-state index in [9.17, 15) is 4.79 Å². The van der Waals surface area contributed by atoms with Crippen molar-refractivity contribution in [3.05, 3.63) is 12.2 Å². The Morgan fingerprint density at radius 3 is 1.52 bits per heavy atom. The van der Waals surface area contributed by atoms with Gasteiger partial charge in [-0.3, -0.25) is 10.0 Å². The Hall–Kier alpha value is -0.830. The van der Waals surface area contributed by atoms with Crippen LogP contribution < -0.4 is 5.48 Å². The van der Waals surface area contributed by atoms with Gasteiger partial charge in [0.05, 0.1) is 0 Å². The van der Waals surface area contributed by atoms with Gasteiger partial charge in [0, 0.05) is 6.42 Å². The van der Waals surface area contributed by atoms with Gasteiger partial charge in [0.2, 0.25) is 5.91 Å². The van der Waals surface area contributed by atoms with Crippen molar-refractivity contribution in [3.63, 3.8) is 0 Å². The van der Waals surface area contributed by atoms with Crippen molar-refractivity contribution in [2.75, 3.05) is 0 Å². The molecule has 0 saturated heterocycles. The zero-order valence-electron chi connectivity index (χ0n) is 16.7. The van der Waals surface area contributed by atoms with E-state index < -0.39 is 0 Å². The van der Waals surface area contributed by atoms with E-state index in [-0.39, 0.29) is 5.91 Å². The molecule has 0 fully saturated rings. The molecule has 0 radical (unpaired) electrons. The van der Waals surface area contributed by atoms with Crippen molar-refractivity contribution in [2.24, 2.45) is 0 Å². The van der Waals surface area contributed by atoms with Crippen LogP contribution in [0.25, 0.3) is 0 Å². The van der Waals surface area contributed by atoms with E-state index in [0.717, 1.165) is 12.8 Å². The van der Waals surface area contributed by atoms with Gasteiger partial charge in [-0.25, -0.2) is 5.48 Å². The molecule has 3 heteroatoms. The van der Waals surface area contributed by atoms with Crippen LogP contribution in [-0.4, -0.2) is 11.1 Å². The number of hydrogen-bond acceptors (Lipinski definition) is 2. The Morgan fingerprint density at radius 2 is 1.08 bits per heavy atom. The molecule has 2 N–H and O–H groups in total. The maximum absolute atomic E-state index is 10.8. The lowest BCUT2D eigenvalue weighted by molar-refractivity contribution is -0.129. The van der Waals surface area contributed by atoms with E-state index in [1.807, 2.05) is 0 Å². The highest BCUT2D eigenvalue weighted by molar-refractivity contribution is 5.74. The van der Waals surface area contributed by atoms with Crippen LogP contribution in [0.15, 0.2) is 12.2 Å². The first-order chi connectivity index (χ1) is 12.3. The quantitative estimate of drug-likeness (QED) is 0.113. The molecule has 0 aromatic carbocycles. The van der Waals surface area contributed by atoms with Gasteiger partial charge >= 0.3 is 0 Å². The predicted molar refractivity (Wildman–Crippen MR) is 108 cm³/mol. The SMILES string of the molecule is CCCCCCCCC=CCCCCCCCCCCCC(=O)NO. The van der Waals surface area contributed by atoms with Gasteiger partial charge in [0.1, 0.15) is 0 Å². The number of carbonyl (C=O) groups is 1. The van der Waals surface area contributed by atoms with Crippen LogP contribution in [0.3, 0.4) is 0 Å². The molecule has 0 aliphatic rings. The summed E-state index contributed by atoms with van der Waals surface area (Å²) >= 11 is 0. The third-order valence-electron chi connectivity index (χ3n) is 4.79. The molecule has 0 saturated carbocycles. The Labute approximate surface area is 156 Å². The van der Waals surface area contributed by atoms with E-state index in [4.69, 9.17) is 5.21 Å². The predicted octanol–water partition coefficient (Wildman–Crippen LogP) is 7.09. The van der Waals surface area contributed by atoms with Crippen LogP contribution in [0.4, 0.5) is 0 Å². The average Bonchev–Trinajstić information content (AvgIpc) is 2.63. The minimum Gasteiger partial charge on any atom is -0.289 e. The molecule has 0 aromatic heterocycles. The summed E-state index contributed by atoms with van der Waals surface area (Å²) in [6.07, 6.45) is 27.3. The largest absolute Gasteiger partial charge is 0.289 e. The van der Waals surface area contributed by atoms with Crippen LogP contribution in [0.2, 0.25) is 0 Å². The minimum atomic E-state index is -0.263. The number of nitrogens with one attached hydrogen (secondary N) is 1. The molecule has 3 nitrogen and oxygen atoms in total. The zero-order chi connectivity index (χ0) is 18.4. The van der Waals surface area contributed by atoms with Crippen molar-refractivity contribution in [2.45, 2.75) is 122 Å². The van der Waals surface area contributed by atoms with Crippen LogP contribution in [-0.2, 0) is 4.79 Å². The summed E-state index contributed by atoms with van der Waals surface area (Å²) in [5, 5.41) is 8.38. The van der Waals surface area contributed by atoms with Crippen LogP contribution in [0.5, 0.6) is 0 Å². The van der Waals surface area contributed by atoms with E-state index >= 15 is 0 Å². The number of hydroxylamine groups is 1. The molecule has 0 heterocycles. The number of rotatable bonds is 19. The van der Waals surface area contributed by atoms with Gasteiger partial charge in [-0.2, -0.15) is 0 Å². The van der Waals surface area contributed by atoms with Gasteiger partial charge in [-0.05, 0) is 32.1 Å². The fourth-order valence-electron chi connectivity index (χ4n) is 3.12. The molecule has 0 aliphatic carbocycles. The first-order valence-corrected chi connectivity index (χ1v) is 10.9. The smallest absolute Gasteiger partial charge is 0.243 e. The summed E-state index contributed by atoms with van der Waals surface area (Å²) in [7, 11) is 0. The second-order valence-corrected chi connectivity index (χ2v) is 7.28. The Bertz CT molecular complexity index is 302. The molecule has 0 aromatic rings. The summed E-state index contributed by atoms with van der Waals surface area (Å²) < 4.78 is 0. The number of hydrogen-bond donors (Lipinski definition) is 2. The van der Waals surface area contributed by atoms with Crippen molar-refractivity contribution in [3.8, 4) is 0 Å². The average molecular weight is 354 g/mol. The second-order valence-electron chi connectivity index (χ2n) is 7.28. The third kappa shape index (κ3) is 21.1. The van der Waals surface area contributed by atoms with Gasteiger partial charge in [-0.15, -0.1) is 0 Å². The van der Waals surface area contributed by atoms with Gasteiger partial charge in [-0.1, -0.05) is 96.1 Å². The minimum absolute atomic E-state index is 0.263. The maximum atomic E-state index is 10.8. The Morgan fingerprint density at radius 1 is 0.680 bits per heavy atom. The summed E-state index contributed by atoms with van der Waals surface area (Å²) in [4.78, 5) is 10.8. The molecule has 1 amide bonds. The van der Waals surface area contributed by atoms with E-state index in [1.54, 1.807) is 5.48 Å². The first-order valence-electron chi connectivity index (χ1n) is 10.9. The number of allylic oxidation sites excluding steroid dienone is 2. The lowest BCUT2D eigenvalue weighted by Gasteiger charge is -2.02. The lowest BCUT2D eigenvalue weighted by atomic mass is 10.1. The van der Waals surface area contributed by atoms with Crippen molar-refractivity contribution in [1.82, 2.24) is 5.48 Å². The van der Waals surface area contributed by atoms with E-state index in [2.05, 4.69) is 19.1 Å². The van der Waals surface area contributed by atoms with Gasteiger partial charge in [0.15, 0.2) is 0 Å². The van der Waals surface area contributed by atoms with Crippen LogP contribution in [0.1, 0.15) is 122 Å². The topological polar surface area (TPSA) is 49.3 Å². The van der Waals surface area contributed by atoms with Gasteiger partial charge < -0.3 is 0 Å². The molecular weight excluding hydrogens is 310 g/mol. The lowest BCUT2D eigenvalue weighted by Crippen LogP contribution is -2.17. The van der Waals surface area contributed by atoms with Crippen LogP contribution in [0, 0.1) is 0 Å². The molecule has 0 aliphatic heterocycles. The molecule has 25 heavy (non-hydrogen) atoms. The summed E-state index contributed by atoms with van der Waals surface area (Å²) in [6, 6.07) is 0. The van der Waals surface area contributed by atoms with E-state index in [0.29, 0.717) is 6.42 Å². The highest BCUT2D eigenvalue weighted by Crippen LogP contribution is 2.12. The first kappa shape index (κ1) is 24.2. The Kier molecular flexibility index (Phi) is 20.5. The van der Waals surface area contributed by atoms with Crippen molar-refractivity contribution >= 4 is 5.91 Å². The number of carbonyl (C=O) groups excluding carboxylic acids is 1. The summed E-state index contributed by atoms with van der Waals surface area (Å²) in [5.41, 5.74) is 1.68. The maximum Gasteiger partial charge on any atom is 0.243 e. The molecule has 148 valence electrons. The highest BCUT2D eigenvalue weighted by Gasteiger charge is 1.98.